The molecule has 3 amide bonds. The van der Waals surface area contributed by atoms with E-state index in [1.165, 1.54) is 25.3 Å². The molecule has 180 valence electrons. The number of amides is 3. The van der Waals surface area contributed by atoms with Crippen LogP contribution in [-0.2, 0) is 11.3 Å². The SMILES string of the molecule is CCC(C)(C)c1cc(NC(=O)N2CCCN(C(=O)c3ccc(C(F)(F)CC)nc3)CC2)no1. The molecule has 2 aromatic rings. The fourth-order valence-corrected chi connectivity index (χ4v) is 3.44. The highest BCUT2D eigenvalue weighted by molar-refractivity contribution is 5.94. The molecule has 0 radical (unpaired) electrons. The number of alkyl halides is 2. The number of anilines is 1. The zero-order valence-electron chi connectivity index (χ0n) is 19.5. The van der Waals surface area contributed by atoms with Gasteiger partial charge in [-0.3, -0.25) is 15.1 Å². The molecule has 33 heavy (non-hydrogen) atoms. The van der Waals surface area contributed by atoms with Crippen LogP contribution < -0.4 is 5.32 Å². The summed E-state index contributed by atoms with van der Waals surface area (Å²) in [6.07, 6.45) is 2.29. The summed E-state index contributed by atoms with van der Waals surface area (Å²) in [5, 5.41) is 6.70. The molecular formula is C23H31F2N5O3. The highest BCUT2D eigenvalue weighted by atomic mass is 19.3. The van der Waals surface area contributed by atoms with Crippen molar-refractivity contribution in [1.82, 2.24) is 19.9 Å². The Bertz CT molecular complexity index is 975. The smallest absolute Gasteiger partial charge is 0.323 e. The van der Waals surface area contributed by atoms with Crippen molar-refractivity contribution in [2.75, 3.05) is 31.5 Å². The van der Waals surface area contributed by atoms with Gasteiger partial charge in [0, 0.05) is 50.3 Å². The summed E-state index contributed by atoms with van der Waals surface area (Å²) >= 11 is 0. The molecule has 2 aromatic heterocycles. The predicted molar refractivity (Wildman–Crippen MR) is 119 cm³/mol. The Labute approximate surface area is 192 Å². The quantitative estimate of drug-likeness (QED) is 0.674. The lowest BCUT2D eigenvalue weighted by Crippen LogP contribution is -2.39. The lowest BCUT2D eigenvalue weighted by Gasteiger charge is -2.22. The Morgan fingerprint density at radius 1 is 1.09 bits per heavy atom. The molecular weight excluding hydrogens is 432 g/mol. The number of urea groups is 1. The van der Waals surface area contributed by atoms with Crippen LogP contribution >= 0.6 is 0 Å². The highest BCUT2D eigenvalue weighted by Crippen LogP contribution is 2.30. The third-order valence-electron chi connectivity index (χ3n) is 6.20. The maximum absolute atomic E-state index is 13.8. The monoisotopic (exact) mass is 463 g/mol. The van der Waals surface area contributed by atoms with Gasteiger partial charge in [-0.15, -0.1) is 0 Å². The molecule has 0 bridgehead atoms. The van der Waals surface area contributed by atoms with Crippen molar-refractivity contribution >= 4 is 17.8 Å². The molecule has 1 N–H and O–H groups in total. The summed E-state index contributed by atoms with van der Waals surface area (Å²) in [5.74, 6) is -2.26. The van der Waals surface area contributed by atoms with Gasteiger partial charge >= 0.3 is 6.03 Å². The van der Waals surface area contributed by atoms with Gasteiger partial charge in [0.05, 0.1) is 5.56 Å². The van der Waals surface area contributed by atoms with Gasteiger partial charge in [0.25, 0.3) is 11.8 Å². The van der Waals surface area contributed by atoms with E-state index in [-0.39, 0.29) is 35.0 Å². The Morgan fingerprint density at radius 3 is 2.42 bits per heavy atom. The van der Waals surface area contributed by atoms with Crippen molar-refractivity contribution in [3.8, 4) is 0 Å². The van der Waals surface area contributed by atoms with Crippen LogP contribution in [0.1, 0.15) is 68.8 Å². The van der Waals surface area contributed by atoms with Gasteiger partial charge in [-0.2, -0.15) is 8.78 Å². The van der Waals surface area contributed by atoms with E-state index < -0.39 is 5.92 Å². The Kier molecular flexibility index (Phi) is 7.34. The second-order valence-corrected chi connectivity index (χ2v) is 8.87. The molecule has 1 aliphatic heterocycles. The third kappa shape index (κ3) is 5.66. The summed E-state index contributed by atoms with van der Waals surface area (Å²) in [6, 6.07) is 3.99. The summed E-state index contributed by atoms with van der Waals surface area (Å²) in [4.78, 5) is 32.6. The first-order chi connectivity index (χ1) is 15.6. The summed E-state index contributed by atoms with van der Waals surface area (Å²) < 4.78 is 32.9. The fraction of sp³-hybridized carbons (Fsp3) is 0.565. The number of hydrogen-bond donors (Lipinski definition) is 1. The number of carbonyl (C=O) groups is 2. The van der Waals surface area contributed by atoms with E-state index in [2.05, 4.69) is 22.4 Å². The Hall–Kier alpha value is -3.04. The minimum Gasteiger partial charge on any atom is -0.359 e. The third-order valence-corrected chi connectivity index (χ3v) is 6.20. The van der Waals surface area contributed by atoms with Crippen LogP contribution in [0.5, 0.6) is 0 Å². The van der Waals surface area contributed by atoms with Gasteiger partial charge in [0.15, 0.2) is 5.82 Å². The van der Waals surface area contributed by atoms with E-state index in [0.29, 0.717) is 44.2 Å². The average Bonchev–Trinajstić information content (AvgIpc) is 3.14. The molecule has 8 nitrogen and oxygen atoms in total. The first-order valence-electron chi connectivity index (χ1n) is 11.2. The number of carbonyl (C=O) groups excluding carboxylic acids is 2. The predicted octanol–water partition coefficient (Wildman–Crippen LogP) is 4.64. The average molecular weight is 464 g/mol. The largest absolute Gasteiger partial charge is 0.359 e. The Morgan fingerprint density at radius 2 is 1.79 bits per heavy atom. The van der Waals surface area contributed by atoms with Crippen molar-refractivity contribution in [2.45, 2.75) is 58.3 Å². The van der Waals surface area contributed by atoms with Gasteiger partial charge in [-0.25, -0.2) is 4.79 Å². The van der Waals surface area contributed by atoms with Gasteiger partial charge < -0.3 is 14.3 Å². The van der Waals surface area contributed by atoms with Gasteiger partial charge in [0.2, 0.25) is 0 Å². The van der Waals surface area contributed by atoms with E-state index in [1.807, 2.05) is 13.8 Å². The summed E-state index contributed by atoms with van der Waals surface area (Å²) in [7, 11) is 0. The van der Waals surface area contributed by atoms with Crippen LogP contribution in [0.4, 0.5) is 19.4 Å². The molecule has 0 atom stereocenters. The molecule has 10 heteroatoms. The molecule has 1 fully saturated rings. The van der Waals surface area contributed by atoms with Crippen LogP contribution in [0.15, 0.2) is 28.9 Å². The maximum Gasteiger partial charge on any atom is 0.323 e. The minimum absolute atomic E-state index is 0.182. The molecule has 0 spiro atoms. The number of halogens is 2. The molecule has 0 aliphatic carbocycles. The Balaban J connectivity index is 1.59. The zero-order valence-corrected chi connectivity index (χ0v) is 19.5. The topological polar surface area (TPSA) is 91.6 Å². The molecule has 0 aromatic carbocycles. The normalized spacial score (nSPS) is 15.3. The molecule has 1 aliphatic rings. The van der Waals surface area contributed by atoms with E-state index in [4.69, 9.17) is 4.52 Å². The molecule has 0 saturated carbocycles. The first-order valence-corrected chi connectivity index (χ1v) is 11.2. The van der Waals surface area contributed by atoms with Crippen molar-refractivity contribution in [1.29, 1.82) is 0 Å². The van der Waals surface area contributed by atoms with Crippen LogP contribution in [0, 0.1) is 0 Å². The second kappa shape index (κ2) is 9.84. The zero-order chi connectivity index (χ0) is 24.2. The number of hydrogen-bond acceptors (Lipinski definition) is 5. The second-order valence-electron chi connectivity index (χ2n) is 8.87. The number of rotatable bonds is 6. The van der Waals surface area contributed by atoms with Gasteiger partial charge in [0.1, 0.15) is 11.5 Å². The number of nitrogens with one attached hydrogen (secondary N) is 1. The van der Waals surface area contributed by atoms with Gasteiger partial charge in [-0.05, 0) is 25.0 Å². The fourth-order valence-electron chi connectivity index (χ4n) is 3.44. The number of aromatic nitrogens is 2. The van der Waals surface area contributed by atoms with E-state index in [9.17, 15) is 18.4 Å². The standard InChI is InChI=1S/C23H31F2N5O3/c1-5-22(3,4)18-14-19(28-33-18)27-21(32)30-11-7-10-29(12-13-30)20(31)16-8-9-17(26-15-16)23(24,25)6-2/h8-9,14-15H,5-7,10-13H2,1-4H3,(H,27,28,32). The summed E-state index contributed by atoms with van der Waals surface area (Å²) in [5.41, 5.74) is -0.283. The maximum atomic E-state index is 13.8. The first kappa shape index (κ1) is 24.6. The van der Waals surface area contributed by atoms with E-state index in [1.54, 1.807) is 15.9 Å². The van der Waals surface area contributed by atoms with Crippen molar-refractivity contribution in [3.05, 3.63) is 41.4 Å². The van der Waals surface area contributed by atoms with Crippen LogP contribution in [0.25, 0.3) is 0 Å². The van der Waals surface area contributed by atoms with Crippen molar-refractivity contribution in [2.24, 2.45) is 0 Å². The molecule has 1 saturated heterocycles. The van der Waals surface area contributed by atoms with E-state index >= 15 is 0 Å². The minimum atomic E-state index is -3.02. The van der Waals surface area contributed by atoms with Crippen LogP contribution in [0.3, 0.4) is 0 Å². The lowest BCUT2D eigenvalue weighted by molar-refractivity contribution is -0.0128. The lowest BCUT2D eigenvalue weighted by atomic mass is 9.87. The molecule has 0 unspecified atom stereocenters. The number of pyridine rings is 1. The van der Waals surface area contributed by atoms with Crippen molar-refractivity contribution in [3.63, 3.8) is 0 Å². The van der Waals surface area contributed by atoms with E-state index in [0.717, 1.165) is 6.42 Å². The molecule has 3 rings (SSSR count). The number of nitrogens with zero attached hydrogens (tertiary/aromatic N) is 4. The van der Waals surface area contributed by atoms with Crippen LogP contribution in [0.2, 0.25) is 0 Å². The van der Waals surface area contributed by atoms with Crippen LogP contribution in [-0.4, -0.2) is 58.1 Å². The molecule has 3 heterocycles. The van der Waals surface area contributed by atoms with Gasteiger partial charge in [-0.1, -0.05) is 32.9 Å². The highest BCUT2D eigenvalue weighted by Gasteiger charge is 2.31. The van der Waals surface area contributed by atoms with Crippen molar-refractivity contribution < 1.29 is 22.9 Å². The summed E-state index contributed by atoms with van der Waals surface area (Å²) in [6.45, 7) is 9.10.